The highest BCUT2D eigenvalue weighted by molar-refractivity contribution is 6.33. The molecule has 0 bridgehead atoms. The first-order valence-electron chi connectivity index (χ1n) is 6.81. The lowest BCUT2D eigenvalue weighted by atomic mass is 10.0. The van der Waals surface area contributed by atoms with E-state index in [1.807, 2.05) is 6.92 Å². The molecule has 112 valence electrons. The van der Waals surface area contributed by atoms with Crippen LogP contribution in [0.15, 0.2) is 12.1 Å². The van der Waals surface area contributed by atoms with Crippen molar-refractivity contribution in [2.75, 3.05) is 25.0 Å². The number of piperidine rings is 1. The van der Waals surface area contributed by atoms with E-state index in [1.54, 1.807) is 6.07 Å². The van der Waals surface area contributed by atoms with Crippen molar-refractivity contribution in [1.82, 2.24) is 4.90 Å². The molecular formula is C14H17ClN4O2. The third kappa shape index (κ3) is 3.84. The lowest BCUT2D eigenvalue weighted by Crippen LogP contribution is -2.39. The molecule has 0 atom stereocenters. The van der Waals surface area contributed by atoms with Gasteiger partial charge >= 0.3 is 0 Å². The Morgan fingerprint density at radius 3 is 2.76 bits per heavy atom. The Kier molecular flexibility index (Phi) is 4.99. The number of rotatable bonds is 4. The number of nitriles is 1. The van der Waals surface area contributed by atoms with Crippen LogP contribution in [-0.2, 0) is 0 Å². The molecule has 0 amide bonds. The molecule has 6 nitrogen and oxygen atoms in total. The average molecular weight is 309 g/mol. The molecule has 21 heavy (non-hydrogen) atoms. The van der Waals surface area contributed by atoms with E-state index in [4.69, 9.17) is 16.9 Å². The van der Waals surface area contributed by atoms with E-state index >= 15 is 0 Å². The summed E-state index contributed by atoms with van der Waals surface area (Å²) in [6.45, 7) is 4.06. The number of nitrogens with zero attached hydrogens (tertiary/aromatic N) is 3. The average Bonchev–Trinajstić information content (AvgIpc) is 2.44. The predicted molar refractivity (Wildman–Crippen MR) is 81.5 cm³/mol. The minimum atomic E-state index is -0.473. The monoisotopic (exact) mass is 308 g/mol. The van der Waals surface area contributed by atoms with Crippen molar-refractivity contribution in [3.63, 3.8) is 0 Å². The second-order valence-corrected chi connectivity index (χ2v) is 5.64. The number of hydrogen-bond acceptors (Lipinski definition) is 5. The first kappa shape index (κ1) is 15.5. The fourth-order valence-corrected chi connectivity index (χ4v) is 2.75. The topological polar surface area (TPSA) is 82.2 Å². The maximum Gasteiger partial charge on any atom is 0.288 e. The fraction of sp³-hybridized carbons (Fsp3) is 0.500. The predicted octanol–water partition coefficient (Wildman–Crippen LogP) is 2.96. The van der Waals surface area contributed by atoms with Gasteiger partial charge in [-0.25, -0.2) is 0 Å². The van der Waals surface area contributed by atoms with E-state index in [1.165, 1.54) is 6.07 Å². The van der Waals surface area contributed by atoms with Crippen molar-refractivity contribution >= 4 is 23.0 Å². The van der Waals surface area contributed by atoms with Gasteiger partial charge in [-0.2, -0.15) is 5.26 Å². The van der Waals surface area contributed by atoms with Crippen LogP contribution in [0.5, 0.6) is 0 Å². The molecular weight excluding hydrogens is 292 g/mol. The normalized spacial score (nSPS) is 16.4. The number of hydrogen-bond donors (Lipinski definition) is 1. The van der Waals surface area contributed by atoms with Gasteiger partial charge in [-0.05, 0) is 31.4 Å². The van der Waals surface area contributed by atoms with Gasteiger partial charge in [-0.3, -0.25) is 15.0 Å². The molecule has 0 aliphatic carbocycles. The number of likely N-dealkylation sites (tertiary alicyclic amines) is 1. The van der Waals surface area contributed by atoms with Crippen molar-refractivity contribution in [1.29, 1.82) is 5.26 Å². The second kappa shape index (κ2) is 6.74. The zero-order chi connectivity index (χ0) is 15.4. The van der Waals surface area contributed by atoms with Gasteiger partial charge in [0.15, 0.2) is 0 Å². The number of nitro groups is 1. The van der Waals surface area contributed by atoms with Crippen molar-refractivity contribution in [3.05, 3.63) is 32.8 Å². The van der Waals surface area contributed by atoms with E-state index in [9.17, 15) is 10.1 Å². The van der Waals surface area contributed by atoms with Crippen LogP contribution in [0, 0.1) is 28.4 Å². The Bertz CT molecular complexity index is 577. The van der Waals surface area contributed by atoms with E-state index < -0.39 is 4.92 Å². The lowest BCUT2D eigenvalue weighted by molar-refractivity contribution is -0.384. The molecule has 0 radical (unpaired) electrons. The molecule has 0 unspecified atom stereocenters. The summed E-state index contributed by atoms with van der Waals surface area (Å²) in [6.07, 6.45) is 1.88. The van der Waals surface area contributed by atoms with Gasteiger partial charge in [0.1, 0.15) is 5.02 Å². The molecule has 2 rings (SSSR count). The van der Waals surface area contributed by atoms with Gasteiger partial charge in [0.2, 0.25) is 0 Å². The number of nitro benzene ring substituents is 1. The summed E-state index contributed by atoms with van der Waals surface area (Å²) in [5.74, 6) is 0. The molecule has 1 aliphatic rings. The summed E-state index contributed by atoms with van der Waals surface area (Å²) in [6, 6.07) is 5.58. The Morgan fingerprint density at radius 2 is 2.19 bits per heavy atom. The summed E-state index contributed by atoms with van der Waals surface area (Å²) >= 11 is 5.95. The van der Waals surface area contributed by atoms with E-state index in [2.05, 4.69) is 16.3 Å². The highest BCUT2D eigenvalue weighted by Gasteiger charge is 2.21. The lowest BCUT2D eigenvalue weighted by Gasteiger charge is -2.31. The maximum absolute atomic E-state index is 10.8. The van der Waals surface area contributed by atoms with E-state index in [0.717, 1.165) is 37.2 Å². The Balaban J connectivity index is 2.03. The Hall–Kier alpha value is -1.84. The molecule has 1 fully saturated rings. The Morgan fingerprint density at radius 1 is 1.52 bits per heavy atom. The Labute approximate surface area is 128 Å². The summed E-state index contributed by atoms with van der Waals surface area (Å²) < 4.78 is 0. The largest absolute Gasteiger partial charge is 0.382 e. The molecule has 1 aromatic rings. The number of aryl methyl sites for hydroxylation is 1. The minimum absolute atomic E-state index is 0.0662. The molecule has 0 spiro atoms. The summed E-state index contributed by atoms with van der Waals surface area (Å²) in [5, 5.41) is 23.1. The highest BCUT2D eigenvalue weighted by Crippen LogP contribution is 2.31. The molecule has 0 saturated carbocycles. The molecule has 7 heteroatoms. The zero-order valence-corrected chi connectivity index (χ0v) is 12.6. The first-order valence-corrected chi connectivity index (χ1v) is 7.19. The van der Waals surface area contributed by atoms with Crippen molar-refractivity contribution in [2.24, 2.45) is 0 Å². The van der Waals surface area contributed by atoms with Gasteiger partial charge in [0.25, 0.3) is 5.69 Å². The molecule has 0 aromatic heterocycles. The molecule has 1 heterocycles. The second-order valence-electron chi connectivity index (χ2n) is 5.23. The smallest absolute Gasteiger partial charge is 0.288 e. The molecule has 1 aliphatic heterocycles. The summed E-state index contributed by atoms with van der Waals surface area (Å²) in [4.78, 5) is 12.5. The maximum atomic E-state index is 10.8. The van der Waals surface area contributed by atoms with E-state index in [-0.39, 0.29) is 10.7 Å². The number of nitrogens with one attached hydrogen (secondary N) is 1. The van der Waals surface area contributed by atoms with Crippen molar-refractivity contribution < 1.29 is 4.92 Å². The van der Waals surface area contributed by atoms with Crippen LogP contribution >= 0.6 is 11.6 Å². The molecule has 1 aromatic carbocycles. The van der Waals surface area contributed by atoms with Gasteiger partial charge in [-0.15, -0.1) is 0 Å². The van der Waals surface area contributed by atoms with Crippen LogP contribution < -0.4 is 5.32 Å². The number of anilines is 1. The number of halogens is 1. The van der Waals surface area contributed by atoms with Crippen molar-refractivity contribution in [2.45, 2.75) is 25.8 Å². The van der Waals surface area contributed by atoms with Gasteiger partial charge in [-0.1, -0.05) is 11.6 Å². The summed E-state index contributed by atoms with van der Waals surface area (Å²) in [5.41, 5.74) is 1.58. The minimum Gasteiger partial charge on any atom is -0.382 e. The van der Waals surface area contributed by atoms with E-state index in [0.29, 0.717) is 12.6 Å². The van der Waals surface area contributed by atoms with Crippen LogP contribution in [0.3, 0.4) is 0 Å². The van der Waals surface area contributed by atoms with Crippen LogP contribution in [0.2, 0.25) is 5.02 Å². The van der Waals surface area contributed by atoms with Gasteiger partial charge in [0.05, 0.1) is 17.5 Å². The van der Waals surface area contributed by atoms with Crippen molar-refractivity contribution in [3.8, 4) is 6.07 Å². The van der Waals surface area contributed by atoms with Crippen LogP contribution in [0.1, 0.15) is 18.4 Å². The fourth-order valence-electron chi connectivity index (χ4n) is 2.52. The molecule has 1 saturated heterocycles. The molecule has 1 N–H and O–H groups in total. The van der Waals surface area contributed by atoms with Crippen LogP contribution in [-0.4, -0.2) is 35.5 Å². The van der Waals surface area contributed by atoms with Crippen LogP contribution in [0.4, 0.5) is 11.4 Å². The third-order valence-corrected chi connectivity index (χ3v) is 4.03. The summed E-state index contributed by atoms with van der Waals surface area (Å²) in [7, 11) is 0. The van der Waals surface area contributed by atoms with Crippen LogP contribution in [0.25, 0.3) is 0 Å². The first-order chi connectivity index (χ1) is 10.0. The third-order valence-electron chi connectivity index (χ3n) is 3.73. The quantitative estimate of drug-likeness (QED) is 0.525. The zero-order valence-electron chi connectivity index (χ0n) is 11.8. The standard InChI is InChI=1S/C14H17ClN4O2/c1-10-8-14(19(20)21)12(15)9-13(10)17-11-2-5-18(6-3-11)7-4-16/h8-9,11,17H,2-3,5-7H2,1H3. The van der Waals surface area contributed by atoms with Gasteiger partial charge in [0, 0.05) is 30.9 Å². The number of benzene rings is 1. The van der Waals surface area contributed by atoms with Gasteiger partial charge < -0.3 is 5.32 Å². The highest BCUT2D eigenvalue weighted by atomic mass is 35.5. The SMILES string of the molecule is Cc1cc([N+](=O)[O-])c(Cl)cc1NC1CCN(CC#N)CC1.